The van der Waals surface area contributed by atoms with Crippen molar-refractivity contribution in [3.63, 3.8) is 0 Å². The number of carbonyl (C=O) groups is 1. The average Bonchev–Trinajstić information content (AvgIpc) is 2.24. The Hall–Kier alpha value is -2.09. The van der Waals surface area contributed by atoms with E-state index in [1.54, 1.807) is 0 Å². The summed E-state index contributed by atoms with van der Waals surface area (Å²) in [4.78, 5) is 18.1. The lowest BCUT2D eigenvalue weighted by Gasteiger charge is -2.06. The van der Waals surface area contributed by atoms with Crippen LogP contribution < -0.4 is 22.3 Å². The number of hydrazine groups is 1. The molecule has 1 aromatic heterocycles. The number of aromatic nitrogens is 2. The molecular weight excluding hydrogens is 200 g/mol. The molecule has 0 aliphatic rings. The molecule has 0 saturated heterocycles. The lowest BCUT2D eigenvalue weighted by molar-refractivity contribution is 0.161. The molecule has 1 heterocycles. The Morgan fingerprint density at radius 2 is 2.20 bits per heavy atom. The predicted octanol–water partition coefficient (Wildman–Crippen LogP) is -0.731. The number of carbonyl (C=O) groups excluding carboxylic acids is 1. The molecule has 8 heteroatoms. The number of nitrogens with zero attached hydrogens (tertiary/aromatic N) is 2. The molecule has 0 bridgehead atoms. The maximum atomic E-state index is 10.2. The lowest BCUT2D eigenvalue weighted by Crippen LogP contribution is -2.19. The van der Waals surface area contributed by atoms with Crippen molar-refractivity contribution in [2.45, 2.75) is 0 Å². The van der Waals surface area contributed by atoms with Gasteiger partial charge in [-0.3, -0.25) is 4.98 Å². The molecule has 8 nitrogen and oxygen atoms in total. The first kappa shape index (κ1) is 11.0. The molecule has 0 aliphatic heterocycles. The Bertz CT molecular complexity index is 331. The molecule has 0 saturated carbocycles. The number of primary amides is 1. The molecule has 0 unspecified atom stereocenters. The highest BCUT2D eigenvalue weighted by Gasteiger charge is 1.97. The van der Waals surface area contributed by atoms with Gasteiger partial charge in [-0.2, -0.15) is 0 Å². The van der Waals surface area contributed by atoms with Crippen LogP contribution in [0.15, 0.2) is 12.4 Å². The second kappa shape index (κ2) is 5.60. The molecule has 0 radical (unpaired) electrons. The molecule has 1 rings (SSSR count). The van der Waals surface area contributed by atoms with E-state index >= 15 is 0 Å². The van der Waals surface area contributed by atoms with Gasteiger partial charge in [-0.15, -0.1) is 0 Å². The molecule has 0 fully saturated rings. The van der Waals surface area contributed by atoms with Gasteiger partial charge in [0.2, 0.25) is 0 Å². The zero-order chi connectivity index (χ0) is 11.1. The molecule has 15 heavy (non-hydrogen) atoms. The molecule has 0 atom stereocenters. The Kier molecular flexibility index (Phi) is 4.10. The van der Waals surface area contributed by atoms with Crippen LogP contribution in [0.1, 0.15) is 0 Å². The van der Waals surface area contributed by atoms with Gasteiger partial charge in [0.15, 0.2) is 5.82 Å². The van der Waals surface area contributed by atoms with E-state index in [4.69, 9.17) is 11.6 Å². The summed E-state index contributed by atoms with van der Waals surface area (Å²) >= 11 is 0. The number of rotatable bonds is 5. The summed E-state index contributed by atoms with van der Waals surface area (Å²) in [6.45, 7) is 0.558. The molecule has 0 aliphatic carbocycles. The summed E-state index contributed by atoms with van der Waals surface area (Å²) in [7, 11) is 0. The highest BCUT2D eigenvalue weighted by atomic mass is 16.5. The number of nitrogen functional groups attached to an aromatic ring is 1. The lowest BCUT2D eigenvalue weighted by atomic mass is 10.6. The Balaban J connectivity index is 2.33. The zero-order valence-corrected chi connectivity index (χ0v) is 7.93. The number of amides is 1. The average molecular weight is 212 g/mol. The fraction of sp³-hybridized carbons (Fsp3) is 0.286. The number of ether oxygens (including phenoxy) is 1. The van der Waals surface area contributed by atoms with Crippen molar-refractivity contribution in [2.24, 2.45) is 11.6 Å². The van der Waals surface area contributed by atoms with Crippen LogP contribution in [0.4, 0.5) is 16.4 Å². The minimum absolute atomic E-state index is 0.164. The SMILES string of the molecule is NNc1cncc(NCCOC(N)=O)n1. The topological polar surface area (TPSA) is 128 Å². The number of anilines is 2. The van der Waals surface area contributed by atoms with Crippen LogP contribution in [0, 0.1) is 0 Å². The first-order valence-corrected chi connectivity index (χ1v) is 4.17. The molecule has 0 spiro atoms. The van der Waals surface area contributed by atoms with E-state index in [1.165, 1.54) is 12.4 Å². The predicted molar refractivity (Wildman–Crippen MR) is 53.9 cm³/mol. The quantitative estimate of drug-likeness (QED) is 0.287. The number of hydrogen-bond acceptors (Lipinski definition) is 7. The molecular formula is C7H12N6O2. The fourth-order valence-electron chi connectivity index (χ4n) is 0.851. The van der Waals surface area contributed by atoms with E-state index in [0.717, 1.165) is 0 Å². The van der Waals surface area contributed by atoms with Gasteiger partial charge < -0.3 is 21.2 Å². The van der Waals surface area contributed by atoms with E-state index in [0.29, 0.717) is 18.2 Å². The third kappa shape index (κ3) is 4.09. The maximum Gasteiger partial charge on any atom is 0.404 e. The second-order valence-electron chi connectivity index (χ2n) is 2.53. The van der Waals surface area contributed by atoms with Crippen LogP contribution in [0.2, 0.25) is 0 Å². The van der Waals surface area contributed by atoms with Crippen LogP contribution >= 0.6 is 0 Å². The van der Waals surface area contributed by atoms with Gasteiger partial charge in [0.25, 0.3) is 0 Å². The third-order valence-corrected chi connectivity index (χ3v) is 1.43. The number of nitrogens with one attached hydrogen (secondary N) is 2. The summed E-state index contributed by atoms with van der Waals surface area (Å²) in [5.74, 6) is 6.11. The third-order valence-electron chi connectivity index (χ3n) is 1.43. The van der Waals surface area contributed by atoms with Gasteiger partial charge in [0.1, 0.15) is 12.4 Å². The Morgan fingerprint density at radius 1 is 1.47 bits per heavy atom. The summed E-state index contributed by atoms with van der Waals surface area (Å²) in [5.41, 5.74) is 7.13. The van der Waals surface area contributed by atoms with Crippen molar-refractivity contribution in [1.29, 1.82) is 0 Å². The summed E-state index contributed by atoms with van der Waals surface area (Å²) in [6, 6.07) is 0. The van der Waals surface area contributed by atoms with Crippen LogP contribution in [0.25, 0.3) is 0 Å². The van der Waals surface area contributed by atoms with Gasteiger partial charge in [0.05, 0.1) is 18.9 Å². The van der Waals surface area contributed by atoms with Gasteiger partial charge >= 0.3 is 6.09 Å². The molecule has 1 aromatic rings. The molecule has 0 aromatic carbocycles. The van der Waals surface area contributed by atoms with Gasteiger partial charge in [0, 0.05) is 0 Å². The van der Waals surface area contributed by atoms with Crippen molar-refractivity contribution >= 4 is 17.7 Å². The highest BCUT2D eigenvalue weighted by molar-refractivity contribution is 5.64. The van der Waals surface area contributed by atoms with Crippen molar-refractivity contribution < 1.29 is 9.53 Å². The van der Waals surface area contributed by atoms with Gasteiger partial charge in [-0.05, 0) is 0 Å². The van der Waals surface area contributed by atoms with E-state index < -0.39 is 6.09 Å². The second-order valence-corrected chi connectivity index (χ2v) is 2.53. The van der Waals surface area contributed by atoms with Crippen LogP contribution in [-0.2, 0) is 4.74 Å². The van der Waals surface area contributed by atoms with Crippen molar-refractivity contribution in [3.05, 3.63) is 12.4 Å². The smallest absolute Gasteiger partial charge is 0.404 e. The minimum Gasteiger partial charge on any atom is -0.448 e. The summed E-state index contributed by atoms with van der Waals surface area (Å²) in [5, 5.41) is 2.87. The monoisotopic (exact) mass is 212 g/mol. The summed E-state index contributed by atoms with van der Waals surface area (Å²) < 4.78 is 4.51. The maximum absolute atomic E-state index is 10.2. The molecule has 1 amide bonds. The first-order chi connectivity index (χ1) is 7.22. The zero-order valence-electron chi connectivity index (χ0n) is 7.93. The van der Waals surface area contributed by atoms with Gasteiger partial charge in [-0.25, -0.2) is 15.6 Å². The van der Waals surface area contributed by atoms with Crippen molar-refractivity contribution in [1.82, 2.24) is 9.97 Å². The van der Waals surface area contributed by atoms with Crippen LogP contribution in [-0.4, -0.2) is 29.2 Å². The Labute approximate surface area is 86.0 Å². The largest absolute Gasteiger partial charge is 0.448 e. The van der Waals surface area contributed by atoms with Crippen LogP contribution in [0.5, 0.6) is 0 Å². The van der Waals surface area contributed by atoms with Crippen molar-refractivity contribution in [2.75, 3.05) is 23.9 Å². The molecule has 82 valence electrons. The normalized spacial score (nSPS) is 9.40. The van der Waals surface area contributed by atoms with E-state index in [1.807, 2.05) is 0 Å². The highest BCUT2D eigenvalue weighted by Crippen LogP contribution is 2.03. The Morgan fingerprint density at radius 3 is 2.87 bits per heavy atom. The number of nitrogens with two attached hydrogens (primary N) is 2. The number of hydrogen-bond donors (Lipinski definition) is 4. The van der Waals surface area contributed by atoms with Gasteiger partial charge in [-0.1, -0.05) is 0 Å². The fourth-order valence-corrected chi connectivity index (χ4v) is 0.851. The van der Waals surface area contributed by atoms with E-state index in [-0.39, 0.29) is 6.61 Å². The summed E-state index contributed by atoms with van der Waals surface area (Å²) in [6.07, 6.45) is 2.19. The van der Waals surface area contributed by atoms with E-state index in [9.17, 15) is 4.79 Å². The molecule has 6 N–H and O–H groups in total. The standard InChI is InChI=1S/C7H12N6O2/c8-7(14)15-2-1-11-5-3-10-4-6(12-5)13-9/h3-4H,1-2,9H2,(H2,8,14)(H2,11,12,13). The van der Waals surface area contributed by atoms with Crippen LogP contribution in [0.3, 0.4) is 0 Å². The van der Waals surface area contributed by atoms with E-state index in [2.05, 4.69) is 25.4 Å². The van der Waals surface area contributed by atoms with Crippen molar-refractivity contribution in [3.8, 4) is 0 Å². The first-order valence-electron chi connectivity index (χ1n) is 4.17. The minimum atomic E-state index is -0.805.